The van der Waals surface area contributed by atoms with E-state index in [4.69, 9.17) is 0 Å². The summed E-state index contributed by atoms with van der Waals surface area (Å²) in [5, 5.41) is 4.31. The number of benzene rings is 1. The minimum Gasteiger partial charge on any atom is -0.279 e. The largest absolute Gasteiger partial charge is 0.279 e. The third-order valence-corrected chi connectivity index (χ3v) is 8.03. The molecule has 1 fully saturated rings. The Bertz CT molecular complexity index is 1030. The summed E-state index contributed by atoms with van der Waals surface area (Å²) in [6.45, 7) is 3.27. The van der Waals surface area contributed by atoms with Gasteiger partial charge in [-0.05, 0) is 38.5 Å². The quantitative estimate of drug-likeness (QED) is 0.775. The lowest BCUT2D eigenvalue weighted by Gasteiger charge is -2.12. The molecule has 0 radical (unpaired) electrons. The molecule has 136 valence electrons. The highest BCUT2D eigenvalue weighted by Gasteiger charge is 2.33. The molecule has 0 amide bonds. The van der Waals surface area contributed by atoms with Crippen LogP contribution in [0.4, 0.5) is 5.69 Å². The van der Waals surface area contributed by atoms with E-state index < -0.39 is 19.9 Å². The van der Waals surface area contributed by atoms with E-state index >= 15 is 0 Å². The van der Waals surface area contributed by atoms with Gasteiger partial charge in [-0.1, -0.05) is 22.0 Å². The lowest BCUT2D eigenvalue weighted by atomic mass is 10.2. The van der Waals surface area contributed by atoms with Gasteiger partial charge in [-0.3, -0.25) is 9.40 Å². The van der Waals surface area contributed by atoms with E-state index in [1.807, 2.05) is 0 Å². The summed E-state index contributed by atoms with van der Waals surface area (Å²) >= 11 is 3.31. The number of sulfone groups is 1. The number of nitrogens with one attached hydrogen (secondary N) is 1. The second-order valence-corrected chi connectivity index (χ2v) is 10.9. The van der Waals surface area contributed by atoms with Crippen molar-refractivity contribution in [2.24, 2.45) is 0 Å². The maximum Gasteiger partial charge on any atom is 0.265 e. The molecule has 1 aromatic heterocycles. The normalized spacial score (nSPS) is 19.9. The molecule has 0 saturated carbocycles. The number of aromatic nitrogens is 2. The molecule has 3 rings (SSSR count). The lowest BCUT2D eigenvalue weighted by Crippen LogP contribution is -2.17. The molecule has 0 spiro atoms. The first-order valence-electron chi connectivity index (χ1n) is 7.63. The van der Waals surface area contributed by atoms with Crippen LogP contribution in [0.15, 0.2) is 33.6 Å². The fraction of sp³-hybridized carbons (Fsp3) is 0.400. The van der Waals surface area contributed by atoms with E-state index in [9.17, 15) is 16.8 Å². The minimum absolute atomic E-state index is 0.00644. The van der Waals surface area contributed by atoms with Crippen LogP contribution < -0.4 is 4.72 Å². The van der Waals surface area contributed by atoms with Gasteiger partial charge in [0.05, 0.1) is 28.9 Å². The molecule has 1 N–H and O–H groups in total. The fourth-order valence-corrected chi connectivity index (χ4v) is 6.66. The topological polar surface area (TPSA) is 98.1 Å². The van der Waals surface area contributed by atoms with Crippen molar-refractivity contribution in [2.45, 2.75) is 31.2 Å². The van der Waals surface area contributed by atoms with Crippen LogP contribution >= 0.6 is 15.9 Å². The average molecular weight is 448 g/mol. The SMILES string of the molecule is Cc1nn([C@H]2CCS(=O)(=O)C2)c(C)c1S(=O)(=O)Nc1cccc(Br)c1. The molecule has 1 aliphatic heterocycles. The summed E-state index contributed by atoms with van der Waals surface area (Å²) in [6, 6.07) is 6.52. The number of hydrogen-bond acceptors (Lipinski definition) is 5. The van der Waals surface area contributed by atoms with Crippen molar-refractivity contribution in [2.75, 3.05) is 16.2 Å². The zero-order valence-electron chi connectivity index (χ0n) is 13.7. The van der Waals surface area contributed by atoms with Crippen LogP contribution in [0.25, 0.3) is 0 Å². The monoisotopic (exact) mass is 447 g/mol. The van der Waals surface area contributed by atoms with Crippen LogP contribution in [0.1, 0.15) is 23.9 Å². The molecule has 0 bridgehead atoms. The highest BCUT2D eigenvalue weighted by Crippen LogP contribution is 2.30. The van der Waals surface area contributed by atoms with Gasteiger partial charge in [0.2, 0.25) is 0 Å². The molecule has 2 heterocycles. The molecule has 1 aromatic carbocycles. The Morgan fingerprint density at radius 1 is 1.32 bits per heavy atom. The van der Waals surface area contributed by atoms with Gasteiger partial charge in [-0.25, -0.2) is 16.8 Å². The second-order valence-electron chi connectivity index (χ2n) is 6.12. The van der Waals surface area contributed by atoms with Gasteiger partial charge in [-0.15, -0.1) is 0 Å². The third kappa shape index (κ3) is 3.75. The molecular weight excluding hydrogens is 430 g/mol. The van der Waals surface area contributed by atoms with Gasteiger partial charge >= 0.3 is 0 Å². The van der Waals surface area contributed by atoms with Crippen LogP contribution in [0.2, 0.25) is 0 Å². The maximum atomic E-state index is 12.8. The fourth-order valence-electron chi connectivity index (χ4n) is 3.12. The van der Waals surface area contributed by atoms with E-state index in [2.05, 4.69) is 25.8 Å². The first kappa shape index (κ1) is 18.4. The Balaban J connectivity index is 1.97. The van der Waals surface area contributed by atoms with Crippen molar-refractivity contribution in [3.05, 3.63) is 40.1 Å². The first-order valence-corrected chi connectivity index (χ1v) is 11.7. The van der Waals surface area contributed by atoms with E-state index in [0.29, 0.717) is 23.5 Å². The van der Waals surface area contributed by atoms with Crippen molar-refractivity contribution in [3.63, 3.8) is 0 Å². The number of rotatable bonds is 4. The summed E-state index contributed by atoms with van der Waals surface area (Å²) in [5.41, 5.74) is 1.23. The third-order valence-electron chi connectivity index (χ3n) is 4.16. The van der Waals surface area contributed by atoms with Gasteiger partial charge in [0.1, 0.15) is 4.90 Å². The summed E-state index contributed by atoms with van der Waals surface area (Å²) in [6.07, 6.45) is 0.447. The second kappa shape index (κ2) is 6.40. The van der Waals surface area contributed by atoms with E-state index in [1.165, 1.54) is 4.68 Å². The smallest absolute Gasteiger partial charge is 0.265 e. The zero-order chi connectivity index (χ0) is 18.4. The Morgan fingerprint density at radius 3 is 2.64 bits per heavy atom. The van der Waals surface area contributed by atoms with Crippen LogP contribution in [0.3, 0.4) is 0 Å². The molecule has 1 saturated heterocycles. The predicted octanol–water partition coefficient (Wildman–Crippen LogP) is 2.42. The van der Waals surface area contributed by atoms with E-state index in [1.54, 1.807) is 38.1 Å². The van der Waals surface area contributed by atoms with Gasteiger partial charge in [0.15, 0.2) is 9.84 Å². The molecule has 7 nitrogen and oxygen atoms in total. The van der Waals surface area contributed by atoms with Crippen LogP contribution in [0, 0.1) is 13.8 Å². The van der Waals surface area contributed by atoms with Crippen molar-refractivity contribution < 1.29 is 16.8 Å². The molecular formula is C15H18BrN3O4S2. The highest BCUT2D eigenvalue weighted by molar-refractivity contribution is 9.10. The number of sulfonamides is 1. The molecule has 0 aliphatic carbocycles. The molecule has 10 heteroatoms. The lowest BCUT2D eigenvalue weighted by molar-refractivity contribution is 0.484. The number of hydrogen-bond donors (Lipinski definition) is 1. The average Bonchev–Trinajstić information content (AvgIpc) is 2.98. The Morgan fingerprint density at radius 2 is 2.04 bits per heavy atom. The van der Waals surface area contributed by atoms with Crippen LogP contribution in [-0.4, -0.2) is 38.1 Å². The maximum absolute atomic E-state index is 12.8. The number of nitrogens with zero attached hydrogens (tertiary/aromatic N) is 2. The number of halogens is 1. The summed E-state index contributed by atoms with van der Waals surface area (Å²) in [5.74, 6) is 0.0991. The van der Waals surface area contributed by atoms with E-state index in [0.717, 1.165) is 4.47 Å². The Hall–Kier alpha value is -1.39. The van der Waals surface area contributed by atoms with Crippen LogP contribution in [-0.2, 0) is 19.9 Å². The van der Waals surface area contributed by atoms with Crippen LogP contribution in [0.5, 0.6) is 0 Å². The highest BCUT2D eigenvalue weighted by atomic mass is 79.9. The summed E-state index contributed by atoms with van der Waals surface area (Å²) in [4.78, 5) is 0.0942. The van der Waals surface area contributed by atoms with E-state index in [-0.39, 0.29) is 22.4 Å². The Kier molecular flexibility index (Phi) is 4.71. The zero-order valence-corrected chi connectivity index (χ0v) is 16.9. The van der Waals surface area contributed by atoms with Crippen molar-refractivity contribution in [3.8, 4) is 0 Å². The molecule has 25 heavy (non-hydrogen) atoms. The van der Waals surface area contributed by atoms with Gasteiger partial charge in [-0.2, -0.15) is 5.10 Å². The summed E-state index contributed by atoms with van der Waals surface area (Å²) in [7, 11) is -6.92. The first-order chi connectivity index (χ1) is 11.6. The van der Waals surface area contributed by atoms with Gasteiger partial charge in [0.25, 0.3) is 10.0 Å². The number of anilines is 1. The van der Waals surface area contributed by atoms with Crippen molar-refractivity contribution in [1.82, 2.24) is 9.78 Å². The molecule has 1 aliphatic rings. The van der Waals surface area contributed by atoms with Crippen molar-refractivity contribution in [1.29, 1.82) is 0 Å². The van der Waals surface area contributed by atoms with Crippen molar-refractivity contribution >= 4 is 41.5 Å². The predicted molar refractivity (Wildman–Crippen MR) is 99.0 cm³/mol. The minimum atomic E-state index is -3.83. The molecule has 0 unspecified atom stereocenters. The standard InChI is InChI=1S/C15H18BrN3O4S2/c1-10-15(25(22,23)18-13-5-3-4-12(16)8-13)11(2)19(17-10)14-6-7-24(20,21)9-14/h3-5,8,14,18H,6-7,9H2,1-2H3/t14-/m0/s1. The molecule has 2 aromatic rings. The molecule has 1 atom stereocenters. The summed E-state index contributed by atoms with van der Waals surface area (Å²) < 4.78 is 53.9. The van der Waals surface area contributed by atoms with Gasteiger partial charge < -0.3 is 0 Å². The van der Waals surface area contributed by atoms with Gasteiger partial charge in [0, 0.05) is 10.2 Å². The Labute approximate surface area is 155 Å². The number of aryl methyl sites for hydroxylation is 1.